The molecule has 1 atom stereocenters. The summed E-state index contributed by atoms with van der Waals surface area (Å²) in [6.07, 6.45) is 1.03. The molecule has 1 aromatic heterocycles. The molecule has 0 spiro atoms. The number of fused-ring (bicyclic) bond motifs is 1. The number of hydrogen-bond acceptors (Lipinski definition) is 3. The molecule has 0 aliphatic rings. The molecule has 4 nitrogen and oxygen atoms in total. The summed E-state index contributed by atoms with van der Waals surface area (Å²) in [5.74, 6) is -0.400. The van der Waals surface area contributed by atoms with Crippen molar-refractivity contribution in [2.75, 3.05) is 6.54 Å². The second-order valence-corrected chi connectivity index (χ2v) is 6.15. The highest BCUT2D eigenvalue weighted by Crippen LogP contribution is 2.30. The predicted octanol–water partition coefficient (Wildman–Crippen LogP) is 3.21. The fraction of sp³-hybridized carbons (Fsp3) is 0.533. The van der Waals surface area contributed by atoms with Crippen LogP contribution in [-0.2, 0) is 0 Å². The minimum atomic E-state index is -0.400. The first-order valence-corrected chi connectivity index (χ1v) is 6.75. The standard InChI is InChI=1S/C15H22N2O2/c1-5-16-12(9-15(2,3)4)10-6-7-11-13(8-10)19-14(18)17-11/h6-8,12,16H,5,9H2,1-4H3,(H,17,18). The molecule has 0 aliphatic carbocycles. The van der Waals surface area contributed by atoms with Crippen LogP contribution in [0.3, 0.4) is 0 Å². The van der Waals surface area contributed by atoms with Gasteiger partial charge in [0.15, 0.2) is 5.58 Å². The van der Waals surface area contributed by atoms with Crippen LogP contribution in [0.5, 0.6) is 0 Å². The smallest absolute Gasteiger partial charge is 0.408 e. The lowest BCUT2D eigenvalue weighted by atomic mass is 9.85. The zero-order valence-electron chi connectivity index (χ0n) is 12.0. The average molecular weight is 262 g/mol. The number of rotatable bonds is 4. The Balaban J connectivity index is 2.35. The molecule has 0 fully saturated rings. The average Bonchev–Trinajstić information content (AvgIpc) is 2.65. The van der Waals surface area contributed by atoms with E-state index in [1.165, 1.54) is 0 Å². The fourth-order valence-corrected chi connectivity index (χ4v) is 2.35. The minimum absolute atomic E-state index is 0.237. The van der Waals surface area contributed by atoms with E-state index in [9.17, 15) is 4.79 Å². The maximum absolute atomic E-state index is 11.2. The quantitative estimate of drug-likeness (QED) is 0.889. The van der Waals surface area contributed by atoms with Crippen molar-refractivity contribution in [3.05, 3.63) is 34.3 Å². The van der Waals surface area contributed by atoms with Crippen molar-refractivity contribution < 1.29 is 4.42 Å². The molecule has 2 N–H and O–H groups in total. The van der Waals surface area contributed by atoms with Crippen molar-refractivity contribution in [1.29, 1.82) is 0 Å². The summed E-state index contributed by atoms with van der Waals surface area (Å²) < 4.78 is 5.13. The number of aromatic amines is 1. The third kappa shape index (κ3) is 3.47. The molecule has 2 rings (SSSR count). The molecular weight excluding hydrogens is 240 g/mol. The first-order chi connectivity index (χ1) is 8.89. The molecule has 0 radical (unpaired) electrons. The molecule has 2 aromatic rings. The maximum Gasteiger partial charge on any atom is 0.417 e. The van der Waals surface area contributed by atoms with Gasteiger partial charge in [-0.2, -0.15) is 0 Å². The van der Waals surface area contributed by atoms with Crippen LogP contribution in [0.2, 0.25) is 0 Å². The van der Waals surface area contributed by atoms with Gasteiger partial charge in [0.05, 0.1) is 5.52 Å². The van der Waals surface area contributed by atoms with Crippen molar-refractivity contribution in [2.45, 2.75) is 40.2 Å². The molecule has 0 bridgehead atoms. The van der Waals surface area contributed by atoms with E-state index in [2.05, 4.69) is 38.0 Å². The summed E-state index contributed by atoms with van der Waals surface area (Å²) in [7, 11) is 0. The number of aromatic nitrogens is 1. The second-order valence-electron chi connectivity index (χ2n) is 6.15. The molecule has 1 heterocycles. The van der Waals surface area contributed by atoms with Gasteiger partial charge in [-0.15, -0.1) is 0 Å². The largest absolute Gasteiger partial charge is 0.417 e. The highest BCUT2D eigenvalue weighted by molar-refractivity contribution is 5.72. The molecule has 104 valence electrons. The summed E-state index contributed by atoms with van der Waals surface area (Å²) in [6, 6.07) is 6.18. The highest BCUT2D eigenvalue weighted by atomic mass is 16.4. The van der Waals surface area contributed by atoms with Crippen molar-refractivity contribution in [1.82, 2.24) is 10.3 Å². The molecule has 0 saturated heterocycles. The number of H-pyrrole nitrogens is 1. The molecule has 1 unspecified atom stereocenters. The van der Waals surface area contributed by atoms with Crippen LogP contribution < -0.4 is 11.1 Å². The Hall–Kier alpha value is -1.55. The van der Waals surface area contributed by atoms with Gasteiger partial charge in [-0.25, -0.2) is 4.79 Å². The lowest BCUT2D eigenvalue weighted by Gasteiger charge is -2.27. The fourth-order valence-electron chi connectivity index (χ4n) is 2.35. The van der Waals surface area contributed by atoms with Crippen LogP contribution >= 0.6 is 0 Å². The van der Waals surface area contributed by atoms with Crippen LogP contribution in [0.15, 0.2) is 27.4 Å². The Labute approximate surface area is 113 Å². The third-order valence-corrected chi connectivity index (χ3v) is 3.11. The highest BCUT2D eigenvalue weighted by Gasteiger charge is 2.20. The minimum Gasteiger partial charge on any atom is -0.408 e. The van der Waals surface area contributed by atoms with Crippen molar-refractivity contribution >= 4 is 11.1 Å². The molecule has 19 heavy (non-hydrogen) atoms. The summed E-state index contributed by atoms with van der Waals surface area (Å²) in [5.41, 5.74) is 2.77. The monoisotopic (exact) mass is 262 g/mol. The first-order valence-electron chi connectivity index (χ1n) is 6.75. The molecule has 0 amide bonds. The molecular formula is C15H22N2O2. The summed E-state index contributed by atoms with van der Waals surface area (Å²) in [6.45, 7) is 9.70. The van der Waals surface area contributed by atoms with Gasteiger partial charge in [-0.3, -0.25) is 4.98 Å². The number of hydrogen-bond donors (Lipinski definition) is 2. The lowest BCUT2D eigenvalue weighted by Crippen LogP contribution is -2.25. The van der Waals surface area contributed by atoms with E-state index in [0.29, 0.717) is 5.58 Å². The van der Waals surface area contributed by atoms with E-state index >= 15 is 0 Å². The van der Waals surface area contributed by atoms with Gasteiger partial charge < -0.3 is 9.73 Å². The number of nitrogens with one attached hydrogen (secondary N) is 2. The van der Waals surface area contributed by atoms with Crippen LogP contribution in [-0.4, -0.2) is 11.5 Å². The molecule has 4 heteroatoms. The first kappa shape index (κ1) is 13.9. The Morgan fingerprint density at radius 3 is 2.74 bits per heavy atom. The SMILES string of the molecule is CCNC(CC(C)(C)C)c1ccc2[nH]c(=O)oc2c1. The summed E-state index contributed by atoms with van der Waals surface area (Å²) in [4.78, 5) is 13.8. The van der Waals surface area contributed by atoms with Crippen molar-refractivity contribution in [3.8, 4) is 0 Å². The Bertz CT molecular complexity index is 604. The van der Waals surface area contributed by atoms with E-state index in [1.807, 2.05) is 18.2 Å². The van der Waals surface area contributed by atoms with Gasteiger partial charge in [0.25, 0.3) is 0 Å². The van der Waals surface area contributed by atoms with Crippen LogP contribution in [0.4, 0.5) is 0 Å². The van der Waals surface area contributed by atoms with Gasteiger partial charge >= 0.3 is 5.76 Å². The summed E-state index contributed by atoms with van der Waals surface area (Å²) >= 11 is 0. The number of oxazole rings is 1. The van der Waals surface area contributed by atoms with Crippen molar-refractivity contribution in [2.24, 2.45) is 5.41 Å². The van der Waals surface area contributed by atoms with Gasteiger partial charge in [0.1, 0.15) is 0 Å². The zero-order chi connectivity index (χ0) is 14.0. The van der Waals surface area contributed by atoms with E-state index in [-0.39, 0.29) is 11.5 Å². The topological polar surface area (TPSA) is 58.0 Å². The van der Waals surface area contributed by atoms with Crippen molar-refractivity contribution in [3.63, 3.8) is 0 Å². The third-order valence-electron chi connectivity index (χ3n) is 3.11. The van der Waals surface area contributed by atoms with Crippen LogP contribution in [0, 0.1) is 5.41 Å². The normalized spacial score (nSPS) is 13.9. The van der Waals surface area contributed by atoms with Crippen LogP contribution in [0.25, 0.3) is 11.1 Å². The van der Waals surface area contributed by atoms with Crippen LogP contribution in [0.1, 0.15) is 45.7 Å². The van der Waals surface area contributed by atoms with E-state index in [4.69, 9.17) is 4.42 Å². The zero-order valence-corrected chi connectivity index (χ0v) is 12.0. The summed E-state index contributed by atoms with van der Waals surface area (Å²) in [5, 5.41) is 3.50. The maximum atomic E-state index is 11.2. The molecule has 1 aromatic carbocycles. The van der Waals surface area contributed by atoms with Gasteiger partial charge in [0.2, 0.25) is 0 Å². The second kappa shape index (κ2) is 5.21. The molecule has 0 saturated carbocycles. The van der Waals surface area contributed by atoms with E-state index < -0.39 is 5.76 Å². The molecule has 0 aliphatic heterocycles. The Morgan fingerprint density at radius 1 is 1.37 bits per heavy atom. The van der Waals surface area contributed by atoms with Gasteiger partial charge in [0, 0.05) is 6.04 Å². The van der Waals surface area contributed by atoms with Gasteiger partial charge in [-0.1, -0.05) is 33.8 Å². The van der Waals surface area contributed by atoms with Gasteiger partial charge in [-0.05, 0) is 36.1 Å². The predicted molar refractivity (Wildman–Crippen MR) is 77.3 cm³/mol. The lowest BCUT2D eigenvalue weighted by molar-refractivity contribution is 0.314. The van der Waals surface area contributed by atoms with E-state index in [0.717, 1.165) is 24.0 Å². The Kier molecular flexibility index (Phi) is 3.80. The Morgan fingerprint density at radius 2 is 2.11 bits per heavy atom. The number of benzene rings is 1. The van der Waals surface area contributed by atoms with E-state index in [1.54, 1.807) is 0 Å².